The summed E-state index contributed by atoms with van der Waals surface area (Å²) < 4.78 is 13.1. The van der Waals surface area contributed by atoms with Gasteiger partial charge in [-0.25, -0.2) is 4.39 Å². The predicted octanol–water partition coefficient (Wildman–Crippen LogP) is 2.15. The molecule has 0 fully saturated rings. The Kier molecular flexibility index (Phi) is 5.35. The van der Waals surface area contributed by atoms with E-state index >= 15 is 0 Å². The van der Waals surface area contributed by atoms with Gasteiger partial charge in [-0.15, -0.1) is 0 Å². The molecule has 1 aromatic carbocycles. The van der Waals surface area contributed by atoms with Gasteiger partial charge in [-0.1, -0.05) is 6.92 Å². The first-order valence-electron chi connectivity index (χ1n) is 5.53. The van der Waals surface area contributed by atoms with Crippen molar-refractivity contribution in [3.63, 3.8) is 0 Å². The second-order valence-corrected chi connectivity index (χ2v) is 3.59. The van der Waals surface area contributed by atoms with E-state index in [1.165, 1.54) is 12.1 Å². The van der Waals surface area contributed by atoms with Gasteiger partial charge in [0.2, 0.25) is 0 Å². The van der Waals surface area contributed by atoms with Crippen molar-refractivity contribution in [1.82, 2.24) is 5.32 Å². The minimum absolute atomic E-state index is 0.237. The number of anilines is 1. The number of nitrogens with one attached hydrogen (secondary N) is 2. The van der Waals surface area contributed by atoms with Crippen LogP contribution in [0.3, 0.4) is 0 Å². The normalized spacial score (nSPS) is 10.2. The lowest BCUT2D eigenvalue weighted by molar-refractivity contribution is -0.385. The zero-order valence-corrected chi connectivity index (χ0v) is 9.70. The summed E-state index contributed by atoms with van der Waals surface area (Å²) in [6.07, 6.45) is 0.873. The zero-order valence-electron chi connectivity index (χ0n) is 9.70. The molecule has 0 atom stereocenters. The summed E-state index contributed by atoms with van der Waals surface area (Å²) >= 11 is 0. The highest BCUT2D eigenvalue weighted by molar-refractivity contribution is 5.51. The van der Waals surface area contributed by atoms with Crippen molar-refractivity contribution in [3.05, 3.63) is 34.1 Å². The van der Waals surface area contributed by atoms with Crippen LogP contribution < -0.4 is 10.6 Å². The van der Waals surface area contributed by atoms with Gasteiger partial charge in [0.05, 0.1) is 11.0 Å². The summed E-state index contributed by atoms with van der Waals surface area (Å²) in [7, 11) is 0. The molecule has 0 aliphatic heterocycles. The van der Waals surface area contributed by atoms with Crippen LogP contribution in [0.5, 0.6) is 0 Å². The van der Waals surface area contributed by atoms with Crippen molar-refractivity contribution >= 4 is 11.4 Å². The van der Waals surface area contributed by atoms with Crippen LogP contribution in [0.4, 0.5) is 15.8 Å². The minimum Gasteiger partial charge on any atom is -0.385 e. The molecule has 0 heterocycles. The Bertz CT molecular complexity index is 385. The Labute approximate surface area is 99.2 Å². The molecule has 0 unspecified atom stereocenters. The molecule has 0 radical (unpaired) electrons. The maximum atomic E-state index is 13.1. The second-order valence-electron chi connectivity index (χ2n) is 3.59. The molecule has 2 N–H and O–H groups in total. The molecule has 0 aliphatic rings. The lowest BCUT2D eigenvalue weighted by atomic mass is 10.2. The average Bonchev–Trinajstić information content (AvgIpc) is 2.28. The van der Waals surface area contributed by atoms with Crippen LogP contribution in [0.1, 0.15) is 13.3 Å². The van der Waals surface area contributed by atoms with Gasteiger partial charge in [0.15, 0.2) is 0 Å². The van der Waals surface area contributed by atoms with E-state index in [1.807, 2.05) is 6.92 Å². The maximum absolute atomic E-state index is 13.1. The third-order valence-corrected chi connectivity index (χ3v) is 2.20. The molecule has 6 heteroatoms. The van der Waals surface area contributed by atoms with E-state index in [0.29, 0.717) is 12.2 Å². The van der Waals surface area contributed by atoms with E-state index in [1.54, 1.807) is 0 Å². The van der Waals surface area contributed by atoms with Gasteiger partial charge in [-0.3, -0.25) is 10.1 Å². The van der Waals surface area contributed by atoms with E-state index in [2.05, 4.69) is 10.6 Å². The monoisotopic (exact) mass is 241 g/mol. The summed E-state index contributed by atoms with van der Waals surface area (Å²) in [6, 6.07) is 3.49. The van der Waals surface area contributed by atoms with E-state index in [-0.39, 0.29) is 5.69 Å². The smallest absolute Gasteiger partial charge is 0.274 e. The number of nitrogens with zero attached hydrogens (tertiary/aromatic N) is 1. The van der Waals surface area contributed by atoms with Crippen molar-refractivity contribution in [2.45, 2.75) is 13.3 Å². The summed E-state index contributed by atoms with van der Waals surface area (Å²) in [5.74, 6) is -0.603. The highest BCUT2D eigenvalue weighted by atomic mass is 19.1. The molecule has 0 amide bonds. The lowest BCUT2D eigenvalue weighted by Gasteiger charge is -2.06. The van der Waals surface area contributed by atoms with Crippen molar-refractivity contribution in [1.29, 1.82) is 0 Å². The van der Waals surface area contributed by atoms with Gasteiger partial charge in [0.1, 0.15) is 5.82 Å². The molecule has 1 aromatic rings. The number of nitro groups is 1. The first kappa shape index (κ1) is 13.4. The Hall–Kier alpha value is -1.69. The molecule has 0 saturated carbocycles. The van der Waals surface area contributed by atoms with Crippen LogP contribution in [-0.4, -0.2) is 24.6 Å². The molecule has 0 saturated heterocycles. The van der Waals surface area contributed by atoms with Gasteiger partial charge in [0.25, 0.3) is 5.69 Å². The standard InChI is InChI=1S/C11H16FN3O2/c1-2-13-4-3-5-14-10-6-9(12)7-11(8-10)15(16)17/h6-8,13-14H,2-5H2,1H3. The molecule has 0 bridgehead atoms. The highest BCUT2D eigenvalue weighted by Gasteiger charge is 2.09. The quantitative estimate of drug-likeness (QED) is 0.436. The number of benzene rings is 1. The van der Waals surface area contributed by atoms with Crippen molar-refractivity contribution in [2.75, 3.05) is 25.0 Å². The van der Waals surface area contributed by atoms with Gasteiger partial charge in [0, 0.05) is 18.3 Å². The van der Waals surface area contributed by atoms with Crippen molar-refractivity contribution in [2.24, 2.45) is 0 Å². The van der Waals surface area contributed by atoms with Crippen molar-refractivity contribution in [3.8, 4) is 0 Å². The first-order chi connectivity index (χ1) is 8.13. The summed E-state index contributed by atoms with van der Waals surface area (Å²) in [5, 5.41) is 16.6. The fraction of sp³-hybridized carbons (Fsp3) is 0.455. The third-order valence-electron chi connectivity index (χ3n) is 2.20. The van der Waals surface area contributed by atoms with Crippen LogP contribution >= 0.6 is 0 Å². The number of hydrogen-bond acceptors (Lipinski definition) is 4. The number of hydrogen-bond donors (Lipinski definition) is 2. The van der Waals surface area contributed by atoms with E-state index < -0.39 is 10.7 Å². The average molecular weight is 241 g/mol. The Morgan fingerprint density at radius 1 is 1.35 bits per heavy atom. The maximum Gasteiger partial charge on any atom is 0.274 e. The van der Waals surface area contributed by atoms with Crippen LogP contribution in [0.2, 0.25) is 0 Å². The largest absolute Gasteiger partial charge is 0.385 e. The van der Waals surface area contributed by atoms with Gasteiger partial charge in [-0.05, 0) is 25.6 Å². The lowest BCUT2D eigenvalue weighted by Crippen LogP contribution is -2.17. The van der Waals surface area contributed by atoms with Crippen LogP contribution in [0.25, 0.3) is 0 Å². The van der Waals surface area contributed by atoms with Crippen LogP contribution in [0, 0.1) is 15.9 Å². The Balaban J connectivity index is 2.50. The topological polar surface area (TPSA) is 67.2 Å². The van der Waals surface area contributed by atoms with Crippen LogP contribution in [0.15, 0.2) is 18.2 Å². The zero-order chi connectivity index (χ0) is 12.7. The summed E-state index contributed by atoms with van der Waals surface area (Å²) in [4.78, 5) is 9.92. The molecular weight excluding hydrogens is 225 g/mol. The Morgan fingerprint density at radius 2 is 2.12 bits per heavy atom. The number of nitro benzene ring substituents is 1. The summed E-state index contributed by atoms with van der Waals surface area (Å²) in [6.45, 7) is 4.43. The van der Waals surface area contributed by atoms with Gasteiger partial charge < -0.3 is 10.6 Å². The third kappa shape index (κ3) is 4.78. The summed E-state index contributed by atoms with van der Waals surface area (Å²) in [5.41, 5.74) is 0.201. The van der Waals surface area contributed by atoms with Gasteiger partial charge in [-0.2, -0.15) is 0 Å². The predicted molar refractivity (Wildman–Crippen MR) is 64.7 cm³/mol. The first-order valence-corrected chi connectivity index (χ1v) is 5.53. The molecular formula is C11H16FN3O2. The Morgan fingerprint density at radius 3 is 2.76 bits per heavy atom. The highest BCUT2D eigenvalue weighted by Crippen LogP contribution is 2.19. The number of non-ortho nitro benzene ring substituents is 1. The van der Waals surface area contributed by atoms with Crippen molar-refractivity contribution < 1.29 is 9.31 Å². The number of halogens is 1. The molecule has 17 heavy (non-hydrogen) atoms. The van der Waals surface area contributed by atoms with E-state index in [9.17, 15) is 14.5 Å². The molecule has 0 aliphatic carbocycles. The van der Waals surface area contributed by atoms with Crippen LogP contribution in [-0.2, 0) is 0 Å². The molecule has 94 valence electrons. The molecule has 5 nitrogen and oxygen atoms in total. The SMILES string of the molecule is CCNCCCNc1cc(F)cc([N+](=O)[O-])c1. The van der Waals surface area contributed by atoms with E-state index in [0.717, 1.165) is 25.6 Å². The fourth-order valence-corrected chi connectivity index (χ4v) is 1.40. The second kappa shape index (κ2) is 6.80. The number of rotatable bonds is 7. The minimum atomic E-state index is -0.604. The molecule has 0 aromatic heterocycles. The molecule has 1 rings (SSSR count). The molecule has 0 spiro atoms. The van der Waals surface area contributed by atoms with Gasteiger partial charge >= 0.3 is 0 Å². The van der Waals surface area contributed by atoms with E-state index in [4.69, 9.17) is 0 Å². The fourth-order valence-electron chi connectivity index (χ4n) is 1.40.